The summed E-state index contributed by atoms with van der Waals surface area (Å²) in [6.45, 7) is 14.9. The Morgan fingerprint density at radius 1 is 0.988 bits per heavy atom. The number of Topliss-reactive ketones (excluding diaryl/α,β-unsaturated/α-hetero) is 1. The number of piperazine rings is 1. The number of carbonyl (C=O) groups is 3. The lowest BCUT2D eigenvalue weighted by Gasteiger charge is -2.41. The minimum absolute atomic E-state index is 0.0382. The second kappa shape index (κ2) is 24.7. The highest BCUT2D eigenvalue weighted by Gasteiger charge is 2.43. The largest absolute Gasteiger partial charge is 0.508 e. The maximum atomic E-state index is 17.3. The number of anilines is 1. The zero-order valence-electron chi connectivity index (χ0n) is 45.8. The number of hydrogen-bond donors (Lipinski definition) is 2. The maximum Gasteiger partial charge on any atom is 0.319 e. The lowest BCUT2D eigenvalue weighted by Crippen LogP contribution is -2.55. The molecular weight excluding hydrogens is 1070 g/mol. The molecule has 2 amide bonds. The quantitative estimate of drug-likeness (QED) is 0.0722. The van der Waals surface area contributed by atoms with Crippen molar-refractivity contribution < 1.29 is 43.0 Å². The van der Waals surface area contributed by atoms with Gasteiger partial charge in [0.2, 0.25) is 11.8 Å². The lowest BCUT2D eigenvalue weighted by molar-refractivity contribution is -0.140. The number of aliphatic hydroxyl groups excluding tert-OH is 1. The normalized spacial score (nSPS) is 18.8. The van der Waals surface area contributed by atoms with Crippen LogP contribution in [0.15, 0.2) is 95.5 Å². The van der Waals surface area contributed by atoms with Crippen molar-refractivity contribution in [2.45, 2.75) is 89.8 Å². The molecule has 2 N–H and O–H groups in total. The monoisotopic (exact) mass is 1140 g/mol. The van der Waals surface area contributed by atoms with Gasteiger partial charge in [0.1, 0.15) is 29.6 Å². The Bertz CT molecular complexity index is 3510. The van der Waals surface area contributed by atoms with E-state index in [1.165, 1.54) is 17.0 Å². The van der Waals surface area contributed by atoms with E-state index < -0.39 is 29.9 Å². The van der Waals surface area contributed by atoms with Gasteiger partial charge in [0.05, 0.1) is 58.4 Å². The molecule has 3 saturated heterocycles. The summed E-state index contributed by atoms with van der Waals surface area (Å²) in [6.07, 6.45) is 2.49. The average Bonchev–Trinajstić information content (AvgIpc) is 4.33. The maximum absolute atomic E-state index is 17.3. The standard InChI is InChI=1S/C61H65ClFN9O8S/c1-6-53(76)71-22-21-70(31-42(71)15-18-64)59-47-29-48(62)55(46-27-43(73)26-41-9-7-8-10-45(41)46)56(63)57(47)66-61(67-59)78-24-23-69-19-16-38(17-20-69)33-79-52-30-51(80-68-52)54(35(2)3)60(77)72-32-44(74)28-49(72)50(75)25-36(4)39-11-13-40(14-12-39)58-37(5)65-34-81-58/h6-14,26-27,29-30,34-36,38,42,44,49,54,73-74H,1,15-17,19-25,28,31-33H2,2-5H3/t36-,42+,44-,49+,54+/m1/s1. The van der Waals surface area contributed by atoms with Crippen LogP contribution in [-0.2, 0) is 14.4 Å². The molecule has 0 saturated carbocycles. The third kappa shape index (κ3) is 12.3. The van der Waals surface area contributed by atoms with Gasteiger partial charge in [-0.25, -0.2) is 9.37 Å². The summed E-state index contributed by atoms with van der Waals surface area (Å²) in [6, 6.07) is 22.7. The molecule has 17 nitrogen and oxygen atoms in total. The molecule has 422 valence electrons. The number of β-amino-alcohol motifs (C(OH)–C–C–N with tert-alkyl or cyclic N) is 1. The Morgan fingerprint density at radius 2 is 1.77 bits per heavy atom. The molecular formula is C61H65ClFN9O8S. The van der Waals surface area contributed by atoms with Gasteiger partial charge in [0, 0.05) is 62.6 Å². The number of phenols is 1. The number of aromatic hydroxyl groups is 1. The third-order valence-corrected chi connectivity index (χ3v) is 17.3. The van der Waals surface area contributed by atoms with E-state index in [4.69, 9.17) is 30.6 Å². The number of fused-ring (bicyclic) bond motifs is 2. The second-order valence-corrected chi connectivity index (χ2v) is 23.0. The number of aromatic nitrogens is 4. The van der Waals surface area contributed by atoms with Crippen LogP contribution in [0.4, 0.5) is 10.2 Å². The Balaban J connectivity index is 0.763. The third-order valence-electron chi connectivity index (χ3n) is 16.0. The molecule has 0 unspecified atom stereocenters. The summed E-state index contributed by atoms with van der Waals surface area (Å²) >= 11 is 8.55. The van der Waals surface area contributed by atoms with E-state index in [0.29, 0.717) is 53.0 Å². The first kappa shape index (κ1) is 56.8. The summed E-state index contributed by atoms with van der Waals surface area (Å²) in [5.41, 5.74) is 5.31. The van der Waals surface area contributed by atoms with Gasteiger partial charge in [-0.1, -0.05) is 87.5 Å². The first-order chi connectivity index (χ1) is 39.1. The Hall–Kier alpha value is -7.50. The number of piperidine rings is 1. The number of amides is 2. The SMILES string of the molecule is C=CC(=O)N1CCN(c2nc(OCCN3CCC(COc4cc([C@@H](C(=O)N5C[C@H](O)C[C@H]5C(=O)C[C@@H](C)c5ccc(-c6scnc6C)cc5)C(C)C)on4)CC3)nc3c(F)c(-c4cc(O)cc5ccccc45)c(Cl)cc23)C[C@@H]1CC#N. The highest BCUT2D eigenvalue weighted by atomic mass is 35.5. The van der Waals surface area contributed by atoms with E-state index in [1.807, 2.05) is 74.5 Å². The number of thiazole rings is 1. The number of phenolic OH excluding ortho intramolecular Hbond substituents is 1. The summed E-state index contributed by atoms with van der Waals surface area (Å²) in [4.78, 5) is 63.3. The van der Waals surface area contributed by atoms with E-state index >= 15 is 4.39 Å². The first-order valence-corrected chi connectivity index (χ1v) is 28.8. The van der Waals surface area contributed by atoms with E-state index in [9.17, 15) is 29.9 Å². The van der Waals surface area contributed by atoms with Gasteiger partial charge in [-0.2, -0.15) is 15.2 Å². The van der Waals surface area contributed by atoms with Crippen molar-refractivity contribution >= 4 is 68.0 Å². The van der Waals surface area contributed by atoms with E-state index in [2.05, 4.69) is 44.8 Å². The van der Waals surface area contributed by atoms with Crippen molar-refractivity contribution in [2.75, 3.05) is 63.9 Å². The Morgan fingerprint density at radius 3 is 2.49 bits per heavy atom. The summed E-state index contributed by atoms with van der Waals surface area (Å²) in [7, 11) is 0. The molecule has 4 aromatic carbocycles. The number of halogens is 2. The minimum Gasteiger partial charge on any atom is -0.508 e. The number of nitriles is 1. The molecule has 3 fully saturated rings. The van der Waals surface area contributed by atoms with Crippen LogP contribution in [0.1, 0.15) is 81.7 Å². The van der Waals surface area contributed by atoms with Crippen LogP contribution in [0.2, 0.25) is 5.02 Å². The number of rotatable bonds is 19. The fourth-order valence-corrected chi connectivity index (χ4v) is 12.8. The Labute approximate surface area is 478 Å². The number of aryl methyl sites for hydroxylation is 1. The van der Waals surface area contributed by atoms with Gasteiger partial charge >= 0.3 is 6.01 Å². The zero-order valence-corrected chi connectivity index (χ0v) is 47.3. The van der Waals surface area contributed by atoms with Crippen LogP contribution in [-0.4, -0.2) is 140 Å². The summed E-state index contributed by atoms with van der Waals surface area (Å²) in [5, 5.41) is 37.2. The fraction of sp³-hybridized carbons (Fsp3) is 0.410. The predicted molar refractivity (Wildman–Crippen MR) is 308 cm³/mol. The van der Waals surface area contributed by atoms with Crippen LogP contribution in [0.5, 0.6) is 17.6 Å². The number of ketones is 1. The smallest absolute Gasteiger partial charge is 0.319 e. The van der Waals surface area contributed by atoms with Crippen molar-refractivity contribution in [3.05, 3.63) is 119 Å². The first-order valence-electron chi connectivity index (χ1n) is 27.5. The molecule has 5 atom stereocenters. The molecule has 6 heterocycles. The van der Waals surface area contributed by atoms with Crippen LogP contribution in [0, 0.1) is 35.9 Å². The molecule has 0 spiro atoms. The van der Waals surface area contributed by atoms with Crippen molar-refractivity contribution in [1.82, 2.24) is 34.8 Å². The number of hydrogen-bond acceptors (Lipinski definition) is 16. The molecule has 0 radical (unpaired) electrons. The van der Waals surface area contributed by atoms with Crippen molar-refractivity contribution in [3.8, 4) is 45.3 Å². The number of likely N-dealkylation sites (tertiary alicyclic amines) is 2. The average molecular weight is 1140 g/mol. The van der Waals surface area contributed by atoms with Gasteiger partial charge in [-0.05, 0) is 108 Å². The fourth-order valence-electron chi connectivity index (χ4n) is 11.7. The Kier molecular flexibility index (Phi) is 17.3. The van der Waals surface area contributed by atoms with E-state index in [-0.39, 0.29) is 115 Å². The van der Waals surface area contributed by atoms with Crippen molar-refractivity contribution in [3.63, 3.8) is 0 Å². The van der Waals surface area contributed by atoms with Gasteiger partial charge in [-0.15, -0.1) is 11.3 Å². The van der Waals surface area contributed by atoms with Crippen molar-refractivity contribution in [1.29, 1.82) is 5.26 Å². The number of aliphatic hydroxyl groups is 1. The molecule has 3 aromatic heterocycles. The highest BCUT2D eigenvalue weighted by molar-refractivity contribution is 7.13. The highest BCUT2D eigenvalue weighted by Crippen LogP contribution is 2.43. The van der Waals surface area contributed by atoms with Gasteiger partial charge in [0.25, 0.3) is 5.88 Å². The number of nitrogens with zero attached hydrogens (tertiary/aromatic N) is 9. The van der Waals surface area contributed by atoms with Crippen LogP contribution in [0.3, 0.4) is 0 Å². The minimum atomic E-state index is -0.825. The predicted octanol–water partition coefficient (Wildman–Crippen LogP) is 10.1. The van der Waals surface area contributed by atoms with Gasteiger partial charge < -0.3 is 38.9 Å². The molecule has 3 aliphatic heterocycles. The van der Waals surface area contributed by atoms with E-state index in [1.54, 1.807) is 34.4 Å². The van der Waals surface area contributed by atoms with Crippen LogP contribution in [0.25, 0.3) is 43.2 Å². The molecule has 0 aliphatic carbocycles. The summed E-state index contributed by atoms with van der Waals surface area (Å²) < 4.78 is 35.5. The van der Waals surface area contributed by atoms with Crippen LogP contribution >= 0.6 is 22.9 Å². The second-order valence-electron chi connectivity index (χ2n) is 21.8. The summed E-state index contributed by atoms with van der Waals surface area (Å²) in [5.74, 6) is -1.36. The molecule has 10 rings (SSSR count). The van der Waals surface area contributed by atoms with Crippen molar-refractivity contribution in [2.24, 2.45) is 11.8 Å². The molecule has 0 bridgehead atoms. The molecule has 7 aromatic rings. The molecule has 81 heavy (non-hydrogen) atoms. The molecule has 20 heteroatoms. The topological polar surface area (TPSA) is 212 Å². The van der Waals surface area contributed by atoms with Crippen LogP contribution < -0.4 is 14.4 Å². The molecule has 3 aliphatic rings. The number of ether oxygens (including phenoxy) is 2. The lowest BCUT2D eigenvalue weighted by atomic mass is 9.89. The van der Waals surface area contributed by atoms with Gasteiger partial charge in [-0.3, -0.25) is 19.3 Å². The number of benzene rings is 4. The van der Waals surface area contributed by atoms with Gasteiger partial charge in [0.15, 0.2) is 17.4 Å². The zero-order chi connectivity index (χ0) is 57.1. The number of carbonyl (C=O) groups excluding carboxylic acids is 3. The van der Waals surface area contributed by atoms with E-state index in [0.717, 1.165) is 47.6 Å².